The van der Waals surface area contributed by atoms with E-state index >= 15 is 0 Å². The van der Waals surface area contributed by atoms with E-state index in [0.717, 1.165) is 33.4 Å². The first-order valence-electron chi connectivity index (χ1n) is 8.19. The second kappa shape index (κ2) is 7.67. The summed E-state index contributed by atoms with van der Waals surface area (Å²) >= 11 is 3.46. The zero-order chi connectivity index (χ0) is 20.5. The van der Waals surface area contributed by atoms with Crippen LogP contribution in [0.2, 0.25) is 0 Å². The minimum Gasteiger partial charge on any atom is -0.308 e. The number of nitrogens with zero attached hydrogens (tertiary/aromatic N) is 2. The van der Waals surface area contributed by atoms with Crippen molar-refractivity contribution in [3.63, 3.8) is 0 Å². The Morgan fingerprint density at radius 2 is 1.68 bits per heavy atom. The van der Waals surface area contributed by atoms with Gasteiger partial charge in [-0.3, -0.25) is 4.68 Å². The fourth-order valence-electron chi connectivity index (χ4n) is 2.70. The smallest absolute Gasteiger partial charge is 0.308 e. The molecule has 2 amide bonds. The lowest BCUT2D eigenvalue weighted by Crippen LogP contribution is -2.19. The number of aromatic nitrogens is 2. The molecule has 0 radical (unpaired) electrons. The van der Waals surface area contributed by atoms with Crippen LogP contribution >= 0.6 is 15.9 Å². The Hall–Kier alpha value is -2.81. The van der Waals surface area contributed by atoms with E-state index in [1.54, 1.807) is 16.9 Å². The number of anilines is 2. The first-order valence-corrected chi connectivity index (χ1v) is 8.98. The van der Waals surface area contributed by atoms with Crippen molar-refractivity contribution >= 4 is 33.3 Å². The SMILES string of the molecule is Cc1ccc(NC(=O)Nc2ccc(C(F)(F)F)cc2)cc1-c1c(Br)cnn1C. The van der Waals surface area contributed by atoms with Crippen molar-refractivity contribution < 1.29 is 18.0 Å². The fraction of sp³-hybridized carbons (Fsp3) is 0.158. The molecule has 2 aromatic carbocycles. The van der Waals surface area contributed by atoms with Gasteiger partial charge in [-0.2, -0.15) is 18.3 Å². The summed E-state index contributed by atoms with van der Waals surface area (Å²) in [5.74, 6) is 0. The number of alkyl halides is 3. The van der Waals surface area contributed by atoms with E-state index in [9.17, 15) is 18.0 Å². The molecular weight excluding hydrogens is 437 g/mol. The molecule has 0 aliphatic heterocycles. The summed E-state index contributed by atoms with van der Waals surface area (Å²) in [6, 6.07) is 9.10. The second-order valence-electron chi connectivity index (χ2n) is 6.15. The number of carbonyl (C=O) groups is 1. The van der Waals surface area contributed by atoms with Gasteiger partial charge in [0.2, 0.25) is 0 Å². The van der Waals surface area contributed by atoms with Gasteiger partial charge in [0, 0.05) is 24.0 Å². The van der Waals surface area contributed by atoms with Crippen molar-refractivity contribution in [2.24, 2.45) is 7.05 Å². The summed E-state index contributed by atoms with van der Waals surface area (Å²) in [5.41, 5.74) is 2.77. The molecule has 3 aromatic rings. The van der Waals surface area contributed by atoms with Crippen LogP contribution < -0.4 is 10.6 Å². The predicted octanol–water partition coefficient (Wildman–Crippen LogP) is 5.82. The molecular formula is C19H16BrF3N4O. The maximum atomic E-state index is 12.6. The molecule has 0 saturated heterocycles. The van der Waals surface area contributed by atoms with Gasteiger partial charge in [0.1, 0.15) is 0 Å². The van der Waals surface area contributed by atoms with Crippen LogP contribution in [-0.2, 0) is 13.2 Å². The number of carbonyl (C=O) groups excluding carboxylic acids is 1. The second-order valence-corrected chi connectivity index (χ2v) is 7.00. The molecule has 0 aliphatic rings. The van der Waals surface area contributed by atoms with Crippen LogP contribution in [0, 0.1) is 6.92 Å². The minimum absolute atomic E-state index is 0.257. The third-order valence-electron chi connectivity index (χ3n) is 4.11. The van der Waals surface area contributed by atoms with Crippen molar-refractivity contribution in [3.05, 3.63) is 64.3 Å². The van der Waals surface area contributed by atoms with Crippen LogP contribution in [0.1, 0.15) is 11.1 Å². The van der Waals surface area contributed by atoms with Gasteiger partial charge in [-0.15, -0.1) is 0 Å². The molecule has 3 rings (SSSR count). The van der Waals surface area contributed by atoms with Gasteiger partial charge < -0.3 is 10.6 Å². The van der Waals surface area contributed by atoms with Gasteiger partial charge >= 0.3 is 12.2 Å². The van der Waals surface area contributed by atoms with Gasteiger partial charge in [-0.25, -0.2) is 4.79 Å². The number of benzene rings is 2. The Kier molecular flexibility index (Phi) is 5.46. The number of nitrogens with one attached hydrogen (secondary N) is 2. The summed E-state index contributed by atoms with van der Waals surface area (Å²) in [7, 11) is 1.82. The van der Waals surface area contributed by atoms with Crippen molar-refractivity contribution in [1.29, 1.82) is 0 Å². The van der Waals surface area contributed by atoms with Crippen LogP contribution in [0.15, 0.2) is 53.1 Å². The van der Waals surface area contributed by atoms with Crippen LogP contribution in [0.25, 0.3) is 11.3 Å². The molecule has 0 unspecified atom stereocenters. The van der Waals surface area contributed by atoms with E-state index in [2.05, 4.69) is 31.7 Å². The molecule has 146 valence electrons. The van der Waals surface area contributed by atoms with Gasteiger partial charge in [-0.1, -0.05) is 6.07 Å². The number of hydrogen-bond acceptors (Lipinski definition) is 2. The quantitative estimate of drug-likeness (QED) is 0.525. The lowest BCUT2D eigenvalue weighted by atomic mass is 10.0. The van der Waals surface area contributed by atoms with E-state index in [1.807, 2.05) is 26.1 Å². The first-order chi connectivity index (χ1) is 13.1. The normalized spacial score (nSPS) is 11.4. The summed E-state index contributed by atoms with van der Waals surface area (Å²) in [6.45, 7) is 1.95. The average Bonchev–Trinajstić information content (AvgIpc) is 2.95. The van der Waals surface area contributed by atoms with Crippen LogP contribution in [-0.4, -0.2) is 15.8 Å². The fourth-order valence-corrected chi connectivity index (χ4v) is 3.27. The topological polar surface area (TPSA) is 59.0 Å². The Morgan fingerprint density at radius 1 is 1.07 bits per heavy atom. The Labute approximate surface area is 167 Å². The minimum atomic E-state index is -4.42. The van der Waals surface area contributed by atoms with Crippen molar-refractivity contribution in [3.8, 4) is 11.3 Å². The molecule has 0 fully saturated rings. The van der Waals surface area contributed by atoms with Crippen molar-refractivity contribution in [2.75, 3.05) is 10.6 Å². The third-order valence-corrected chi connectivity index (χ3v) is 4.70. The summed E-state index contributed by atoms with van der Waals surface area (Å²) in [4.78, 5) is 12.2. The highest BCUT2D eigenvalue weighted by molar-refractivity contribution is 9.10. The third kappa shape index (κ3) is 4.36. The summed E-state index contributed by atoms with van der Waals surface area (Å²) < 4.78 is 40.4. The molecule has 28 heavy (non-hydrogen) atoms. The Balaban J connectivity index is 1.75. The first kappa shape index (κ1) is 19.9. The molecule has 0 saturated carbocycles. The van der Waals surface area contributed by atoms with E-state index in [-0.39, 0.29) is 5.69 Å². The highest BCUT2D eigenvalue weighted by Crippen LogP contribution is 2.32. The zero-order valence-electron chi connectivity index (χ0n) is 14.9. The molecule has 0 bridgehead atoms. The van der Waals surface area contributed by atoms with Crippen LogP contribution in [0.4, 0.5) is 29.3 Å². The molecule has 2 N–H and O–H groups in total. The molecule has 0 spiro atoms. The molecule has 9 heteroatoms. The van der Waals surface area contributed by atoms with Crippen LogP contribution in [0.3, 0.4) is 0 Å². The zero-order valence-corrected chi connectivity index (χ0v) is 16.5. The summed E-state index contributed by atoms with van der Waals surface area (Å²) in [5, 5.41) is 9.40. The standard InChI is InChI=1S/C19H16BrF3N4O/c1-11-3-6-14(9-15(11)17-16(20)10-24-27(17)2)26-18(28)25-13-7-4-12(5-8-13)19(21,22)23/h3-10H,1-2H3,(H2,25,26,28). The lowest BCUT2D eigenvalue weighted by Gasteiger charge is -2.12. The monoisotopic (exact) mass is 452 g/mol. The Morgan fingerprint density at radius 3 is 2.25 bits per heavy atom. The van der Waals surface area contributed by atoms with Gasteiger partial charge in [0.15, 0.2) is 0 Å². The van der Waals surface area contributed by atoms with E-state index in [0.29, 0.717) is 5.69 Å². The highest BCUT2D eigenvalue weighted by atomic mass is 79.9. The average molecular weight is 453 g/mol. The van der Waals surface area contributed by atoms with E-state index in [4.69, 9.17) is 0 Å². The predicted molar refractivity (Wildman–Crippen MR) is 105 cm³/mol. The number of rotatable bonds is 3. The number of urea groups is 1. The van der Waals surface area contributed by atoms with E-state index in [1.165, 1.54) is 12.1 Å². The van der Waals surface area contributed by atoms with Crippen molar-refractivity contribution in [1.82, 2.24) is 9.78 Å². The van der Waals surface area contributed by atoms with Gasteiger partial charge in [-0.05, 0) is 64.8 Å². The largest absolute Gasteiger partial charge is 0.416 e. The molecule has 1 heterocycles. The number of aryl methyl sites for hydroxylation is 2. The molecule has 1 aromatic heterocycles. The summed E-state index contributed by atoms with van der Waals surface area (Å²) in [6.07, 6.45) is -2.73. The Bertz CT molecular complexity index is 994. The van der Waals surface area contributed by atoms with E-state index < -0.39 is 17.8 Å². The van der Waals surface area contributed by atoms with Gasteiger partial charge in [0.25, 0.3) is 0 Å². The van der Waals surface area contributed by atoms with Gasteiger partial charge in [0.05, 0.1) is 21.9 Å². The highest BCUT2D eigenvalue weighted by Gasteiger charge is 2.30. The maximum absolute atomic E-state index is 12.6. The van der Waals surface area contributed by atoms with Crippen LogP contribution in [0.5, 0.6) is 0 Å². The molecule has 0 atom stereocenters. The molecule has 0 aliphatic carbocycles. The number of amides is 2. The van der Waals surface area contributed by atoms with Crippen molar-refractivity contribution in [2.45, 2.75) is 13.1 Å². The molecule has 5 nitrogen and oxygen atoms in total. The number of hydrogen-bond donors (Lipinski definition) is 2. The number of halogens is 4. The maximum Gasteiger partial charge on any atom is 0.416 e. The lowest BCUT2D eigenvalue weighted by molar-refractivity contribution is -0.137.